The molecule has 6 atom stereocenters. The van der Waals surface area contributed by atoms with Crippen LogP contribution in [0.1, 0.15) is 52.5 Å². The minimum absolute atomic E-state index is 0.104. The number of rotatable bonds is 5. The zero-order chi connectivity index (χ0) is 37.4. The Morgan fingerprint density at radius 3 is 2.31 bits per heavy atom. The number of benzene rings is 1. The third-order valence-corrected chi connectivity index (χ3v) is 8.65. The van der Waals surface area contributed by atoms with E-state index in [9.17, 15) is 43.8 Å². The van der Waals surface area contributed by atoms with E-state index in [4.69, 9.17) is 0 Å². The molecule has 51 heavy (non-hydrogen) atoms. The van der Waals surface area contributed by atoms with Crippen LogP contribution in [0, 0.1) is 5.92 Å². The second-order valence-corrected chi connectivity index (χ2v) is 13.2. The van der Waals surface area contributed by atoms with Crippen LogP contribution in [-0.4, -0.2) is 117 Å². The number of aromatic amines is 1. The Hall–Kier alpha value is -5.29. The maximum absolute atomic E-state index is 13.9. The number of hydrogen-bond donors (Lipinski definition) is 9. The van der Waals surface area contributed by atoms with Gasteiger partial charge in [-0.2, -0.15) is 0 Å². The molecule has 2 aromatic rings. The molecule has 0 aliphatic carbocycles. The van der Waals surface area contributed by atoms with Crippen LogP contribution in [0.3, 0.4) is 0 Å². The number of carbonyl (C=O) groups is 7. The van der Waals surface area contributed by atoms with E-state index in [2.05, 4.69) is 36.9 Å². The van der Waals surface area contributed by atoms with Crippen molar-refractivity contribution in [1.82, 2.24) is 41.8 Å². The second-order valence-electron chi connectivity index (χ2n) is 13.2. The van der Waals surface area contributed by atoms with Gasteiger partial charge in [0.25, 0.3) is 5.91 Å². The molecule has 2 saturated heterocycles. The molecule has 0 bridgehead atoms. The molecule has 1 aromatic heterocycles. The number of aliphatic hydroxyl groups excluding tert-OH is 2. The lowest BCUT2D eigenvalue weighted by molar-refractivity contribution is -0.144. The number of amides is 7. The zero-order valence-electron chi connectivity index (χ0n) is 28.9. The van der Waals surface area contributed by atoms with Gasteiger partial charge in [0, 0.05) is 29.2 Å². The van der Waals surface area contributed by atoms with Crippen LogP contribution < -0.4 is 31.9 Å². The van der Waals surface area contributed by atoms with Gasteiger partial charge in [-0.3, -0.25) is 33.6 Å². The van der Waals surface area contributed by atoms with E-state index in [0.29, 0.717) is 17.4 Å². The highest BCUT2D eigenvalue weighted by atomic mass is 16.3. The average Bonchev–Trinajstić information content (AvgIpc) is 3.74. The molecule has 0 saturated carbocycles. The first-order valence-corrected chi connectivity index (χ1v) is 16.9. The first kappa shape index (κ1) is 38.5. The summed E-state index contributed by atoms with van der Waals surface area (Å²) in [6.07, 6.45) is 2.35. The van der Waals surface area contributed by atoms with Gasteiger partial charge in [-0.1, -0.05) is 32.0 Å². The lowest BCUT2D eigenvalue weighted by atomic mass is 10.0. The minimum atomic E-state index is -1.57. The number of carbonyl (C=O) groups excluding carboxylic acids is 7. The van der Waals surface area contributed by atoms with Crippen LogP contribution in [0.15, 0.2) is 36.2 Å². The number of H-pyrrole nitrogens is 1. The van der Waals surface area contributed by atoms with Crippen LogP contribution >= 0.6 is 0 Å². The van der Waals surface area contributed by atoms with Gasteiger partial charge < -0.3 is 52.0 Å². The number of aromatic nitrogens is 1. The maximum atomic E-state index is 13.9. The Labute approximate surface area is 294 Å². The van der Waals surface area contributed by atoms with Crippen LogP contribution in [0.2, 0.25) is 0 Å². The third kappa shape index (κ3) is 9.70. The Morgan fingerprint density at radius 1 is 0.902 bits per heavy atom. The highest BCUT2D eigenvalue weighted by Crippen LogP contribution is 2.21. The lowest BCUT2D eigenvalue weighted by Crippen LogP contribution is -2.59. The van der Waals surface area contributed by atoms with Gasteiger partial charge in [0.05, 0.1) is 19.3 Å². The van der Waals surface area contributed by atoms with Crippen molar-refractivity contribution in [3.8, 4) is 0 Å². The summed E-state index contributed by atoms with van der Waals surface area (Å²) < 4.78 is 0. The van der Waals surface area contributed by atoms with Crippen molar-refractivity contribution in [3.63, 3.8) is 0 Å². The van der Waals surface area contributed by atoms with Crippen molar-refractivity contribution in [2.24, 2.45) is 5.92 Å². The maximum Gasteiger partial charge on any atom is 0.268 e. The quantitative estimate of drug-likeness (QED) is 0.157. The lowest BCUT2D eigenvalue weighted by Gasteiger charge is -2.30. The monoisotopic (exact) mass is 710 g/mol. The first-order chi connectivity index (χ1) is 24.2. The van der Waals surface area contributed by atoms with Gasteiger partial charge in [0.15, 0.2) is 0 Å². The molecule has 2 fully saturated rings. The minimum Gasteiger partial charge on any atom is -0.394 e. The van der Waals surface area contributed by atoms with Gasteiger partial charge >= 0.3 is 0 Å². The van der Waals surface area contributed by atoms with Crippen molar-refractivity contribution in [2.75, 3.05) is 19.7 Å². The SMILES string of the molecule is CC(C)CC1NC(=O)C(=Cc2c[nH]c3ccccc23)NC(=O)C(CO)NC(=O)C2CCCN2C(=O)C(C(C)O)NC(=O)CNC(=O)C(C)NC1=O. The number of aliphatic hydroxyl groups is 2. The fraction of sp³-hybridized carbons (Fsp3) is 0.500. The molecule has 17 heteroatoms. The van der Waals surface area contributed by atoms with E-state index < -0.39 is 90.8 Å². The van der Waals surface area contributed by atoms with Gasteiger partial charge in [-0.05, 0) is 51.2 Å². The van der Waals surface area contributed by atoms with E-state index >= 15 is 0 Å². The number of nitrogens with one attached hydrogen (secondary N) is 7. The van der Waals surface area contributed by atoms with Crippen molar-refractivity contribution < 1.29 is 43.8 Å². The normalized spacial score (nSPS) is 26.4. The smallest absolute Gasteiger partial charge is 0.268 e. The summed E-state index contributed by atoms with van der Waals surface area (Å²) >= 11 is 0. The molecule has 0 spiro atoms. The average molecular weight is 711 g/mol. The summed E-state index contributed by atoms with van der Waals surface area (Å²) in [5.41, 5.74) is 0.948. The largest absolute Gasteiger partial charge is 0.394 e. The van der Waals surface area contributed by atoms with E-state index in [-0.39, 0.29) is 31.0 Å². The van der Waals surface area contributed by atoms with Crippen LogP contribution in [0.4, 0.5) is 0 Å². The van der Waals surface area contributed by atoms with Gasteiger partial charge in [0.1, 0.15) is 35.9 Å². The van der Waals surface area contributed by atoms with Gasteiger partial charge in [-0.15, -0.1) is 0 Å². The molecule has 7 amide bonds. The molecule has 17 nitrogen and oxygen atoms in total. The molecule has 0 radical (unpaired) electrons. The Bertz CT molecular complexity index is 1690. The van der Waals surface area contributed by atoms with Crippen molar-refractivity contribution in [3.05, 3.63) is 41.7 Å². The summed E-state index contributed by atoms with van der Waals surface area (Å²) in [4.78, 5) is 97.8. The highest BCUT2D eigenvalue weighted by molar-refractivity contribution is 6.06. The Balaban J connectivity index is 1.73. The molecule has 6 unspecified atom stereocenters. The van der Waals surface area contributed by atoms with Gasteiger partial charge in [-0.25, -0.2) is 0 Å². The molecule has 3 heterocycles. The molecule has 1 aromatic carbocycles. The van der Waals surface area contributed by atoms with Gasteiger partial charge in [0.2, 0.25) is 35.4 Å². The van der Waals surface area contributed by atoms with Crippen LogP contribution in [-0.2, 0) is 33.6 Å². The molecular weight excluding hydrogens is 664 g/mol. The molecule has 276 valence electrons. The fourth-order valence-electron chi connectivity index (χ4n) is 5.94. The summed E-state index contributed by atoms with van der Waals surface area (Å²) in [5, 5.41) is 36.2. The van der Waals surface area contributed by atoms with Crippen molar-refractivity contribution in [1.29, 1.82) is 0 Å². The predicted molar refractivity (Wildman–Crippen MR) is 184 cm³/mol. The molecule has 4 rings (SSSR count). The molecular formula is C34H46N8O9. The second kappa shape index (κ2) is 17.1. The summed E-state index contributed by atoms with van der Waals surface area (Å²) in [6, 6.07) is 0.736. The van der Waals surface area contributed by atoms with Crippen LogP contribution in [0.25, 0.3) is 17.0 Å². The zero-order valence-corrected chi connectivity index (χ0v) is 28.9. The topological polar surface area (TPSA) is 251 Å². The summed E-state index contributed by atoms with van der Waals surface area (Å²) in [5.74, 6) is -5.75. The summed E-state index contributed by atoms with van der Waals surface area (Å²) in [6.45, 7) is 4.94. The van der Waals surface area contributed by atoms with Crippen molar-refractivity contribution in [2.45, 2.75) is 83.3 Å². The Kier molecular flexibility index (Phi) is 12.9. The van der Waals surface area contributed by atoms with E-state index in [1.807, 2.05) is 26.0 Å². The van der Waals surface area contributed by atoms with E-state index in [1.165, 1.54) is 24.8 Å². The fourth-order valence-corrected chi connectivity index (χ4v) is 5.94. The first-order valence-electron chi connectivity index (χ1n) is 16.9. The van der Waals surface area contributed by atoms with E-state index in [1.54, 1.807) is 18.3 Å². The number of hydrogen-bond acceptors (Lipinski definition) is 9. The van der Waals surface area contributed by atoms with Crippen LogP contribution in [0.5, 0.6) is 0 Å². The predicted octanol–water partition coefficient (Wildman–Crippen LogP) is -1.88. The number of para-hydroxylation sites is 1. The molecule has 2 aliphatic heterocycles. The number of fused-ring (bicyclic) bond motifs is 2. The third-order valence-electron chi connectivity index (χ3n) is 8.65. The summed E-state index contributed by atoms with van der Waals surface area (Å²) in [7, 11) is 0. The standard InChI is InChI=1S/C34H46N8O9/c1-17(2)12-23-30(47)37-18(3)29(46)36-15-27(45)41-28(19(4)44)34(51)42-11-7-10-26(42)33(50)40-25(16-43)32(49)39-24(31(48)38-23)13-20-14-35-22-9-6-5-8-21(20)22/h5-6,8-9,13-14,17-19,23,25-26,28,35,43-44H,7,10-12,15-16H2,1-4H3,(H,36,46)(H,37,47)(H,38,48)(H,39,49)(H,40,50)(H,41,45). The van der Waals surface area contributed by atoms with Crippen molar-refractivity contribution >= 4 is 58.3 Å². The number of nitrogens with zero attached hydrogens (tertiary/aromatic N) is 1. The Morgan fingerprint density at radius 2 is 1.63 bits per heavy atom. The molecule has 2 aliphatic rings. The molecule has 9 N–H and O–H groups in total. The van der Waals surface area contributed by atoms with E-state index in [0.717, 1.165) is 5.52 Å². The highest BCUT2D eigenvalue weighted by Gasteiger charge is 2.40.